The van der Waals surface area contributed by atoms with Gasteiger partial charge in [0.15, 0.2) is 5.69 Å². The van der Waals surface area contributed by atoms with Crippen molar-refractivity contribution in [1.29, 1.82) is 0 Å². The Morgan fingerprint density at radius 1 is 1.42 bits per heavy atom. The molecule has 0 unspecified atom stereocenters. The van der Waals surface area contributed by atoms with E-state index in [-0.39, 0.29) is 30.8 Å². The zero-order valence-corrected chi connectivity index (χ0v) is 10.6. The highest BCUT2D eigenvalue weighted by Gasteiger charge is 2.25. The number of unbranched alkanes of at least 4 members (excludes halogenated alkanes) is 1. The first kappa shape index (κ1) is 15.3. The quantitative estimate of drug-likeness (QED) is 0.696. The van der Waals surface area contributed by atoms with Gasteiger partial charge in [-0.2, -0.15) is 18.3 Å². The topological polar surface area (TPSA) is 83.8 Å². The minimum Gasteiger partial charge on any atom is -0.395 e. The average molecular weight is 278 g/mol. The number of rotatable bonds is 6. The number of hydrogen-bond acceptors (Lipinski definition) is 3. The summed E-state index contributed by atoms with van der Waals surface area (Å²) in [5.74, 6) is -0.472. The van der Waals surface area contributed by atoms with Crippen molar-refractivity contribution < 1.29 is 18.0 Å². The third-order valence-corrected chi connectivity index (χ3v) is 2.62. The van der Waals surface area contributed by atoms with Gasteiger partial charge in [0.1, 0.15) is 0 Å². The number of alkyl halides is 3. The highest BCUT2D eigenvalue weighted by atomic mass is 19.4. The maximum absolute atomic E-state index is 11.9. The van der Waals surface area contributed by atoms with Crippen LogP contribution in [0.2, 0.25) is 0 Å². The summed E-state index contributed by atoms with van der Waals surface area (Å²) in [5, 5.41) is 8.92. The summed E-state index contributed by atoms with van der Waals surface area (Å²) in [4.78, 5) is 11.7. The Bertz CT molecular complexity index is 428. The molecule has 0 aliphatic carbocycles. The summed E-state index contributed by atoms with van der Waals surface area (Å²) in [5.41, 5.74) is 6.75. The van der Waals surface area contributed by atoms with E-state index >= 15 is 0 Å². The molecule has 19 heavy (non-hydrogen) atoms. The van der Waals surface area contributed by atoms with Gasteiger partial charge >= 0.3 is 6.18 Å². The minimum absolute atomic E-state index is 0.0139. The van der Waals surface area contributed by atoms with E-state index in [4.69, 9.17) is 5.73 Å². The van der Waals surface area contributed by atoms with Crippen LogP contribution in [0.3, 0.4) is 0 Å². The van der Waals surface area contributed by atoms with Gasteiger partial charge in [0.2, 0.25) is 0 Å². The first-order valence-electron chi connectivity index (χ1n) is 6.02. The van der Waals surface area contributed by atoms with Gasteiger partial charge in [0, 0.05) is 13.0 Å². The van der Waals surface area contributed by atoms with Crippen molar-refractivity contribution in [1.82, 2.24) is 15.5 Å². The molecule has 0 saturated carbocycles. The molecule has 0 aromatic carbocycles. The van der Waals surface area contributed by atoms with Gasteiger partial charge in [-0.25, -0.2) is 0 Å². The lowest BCUT2D eigenvalue weighted by molar-refractivity contribution is -0.135. The first-order chi connectivity index (χ1) is 8.85. The number of carbonyl (C=O) groups is 1. The molecule has 0 radical (unpaired) electrons. The number of H-pyrrole nitrogens is 1. The predicted octanol–water partition coefficient (Wildman–Crippen LogP) is 2.02. The average Bonchev–Trinajstić information content (AvgIpc) is 2.68. The van der Waals surface area contributed by atoms with E-state index in [2.05, 4.69) is 15.5 Å². The van der Waals surface area contributed by atoms with E-state index in [0.717, 1.165) is 0 Å². The zero-order valence-electron chi connectivity index (χ0n) is 10.6. The highest BCUT2D eigenvalue weighted by Crippen LogP contribution is 2.21. The van der Waals surface area contributed by atoms with Crippen LogP contribution >= 0.6 is 0 Å². The van der Waals surface area contributed by atoms with Crippen molar-refractivity contribution in [2.45, 2.75) is 38.8 Å². The molecular formula is C11H17F3N4O. The highest BCUT2D eigenvalue weighted by molar-refractivity contribution is 5.97. The van der Waals surface area contributed by atoms with Crippen LogP contribution in [-0.2, 0) is 6.42 Å². The standard InChI is InChI=1S/C11H17F3N4O/c1-2-7-8(15)9(18-17-7)10(19)16-6-4-3-5-11(12,13)14/h2-6,15H2,1H3,(H,16,19)(H,17,18). The van der Waals surface area contributed by atoms with Crippen molar-refractivity contribution in [3.8, 4) is 0 Å². The van der Waals surface area contributed by atoms with Gasteiger partial charge in [-0.15, -0.1) is 0 Å². The maximum atomic E-state index is 11.9. The second kappa shape index (κ2) is 6.44. The predicted molar refractivity (Wildman–Crippen MR) is 64.6 cm³/mol. The second-order valence-corrected chi connectivity index (χ2v) is 4.15. The number of nitrogens with zero attached hydrogens (tertiary/aromatic N) is 1. The lowest BCUT2D eigenvalue weighted by atomic mass is 10.2. The van der Waals surface area contributed by atoms with E-state index in [0.29, 0.717) is 12.1 Å². The van der Waals surface area contributed by atoms with Crippen molar-refractivity contribution >= 4 is 11.6 Å². The van der Waals surface area contributed by atoms with E-state index in [1.165, 1.54) is 0 Å². The number of aryl methyl sites for hydroxylation is 1. The fourth-order valence-electron chi connectivity index (χ4n) is 1.57. The Hall–Kier alpha value is -1.73. The molecule has 4 N–H and O–H groups in total. The molecule has 0 saturated heterocycles. The number of amides is 1. The molecule has 0 bridgehead atoms. The number of hydrogen-bond donors (Lipinski definition) is 3. The van der Waals surface area contributed by atoms with Gasteiger partial charge in [-0.1, -0.05) is 6.92 Å². The van der Waals surface area contributed by atoms with Crippen LogP contribution in [0.15, 0.2) is 0 Å². The Kier molecular flexibility index (Phi) is 5.20. The summed E-state index contributed by atoms with van der Waals surface area (Å²) in [6, 6.07) is 0. The lowest BCUT2D eigenvalue weighted by Gasteiger charge is -2.06. The molecule has 8 heteroatoms. The number of carbonyl (C=O) groups excluding carboxylic acids is 1. The van der Waals surface area contributed by atoms with E-state index in [1.807, 2.05) is 6.92 Å². The van der Waals surface area contributed by atoms with Crippen LogP contribution in [0.25, 0.3) is 0 Å². The largest absolute Gasteiger partial charge is 0.395 e. The molecule has 108 valence electrons. The molecule has 0 spiro atoms. The normalized spacial score (nSPS) is 11.6. The number of aromatic nitrogens is 2. The molecular weight excluding hydrogens is 261 g/mol. The molecule has 0 atom stereocenters. The molecule has 1 aromatic rings. The van der Waals surface area contributed by atoms with Crippen LogP contribution < -0.4 is 11.1 Å². The summed E-state index contributed by atoms with van der Waals surface area (Å²) in [6.45, 7) is 2.03. The van der Waals surface area contributed by atoms with Crippen molar-refractivity contribution in [2.24, 2.45) is 0 Å². The number of halogens is 3. The molecule has 0 aliphatic rings. The van der Waals surface area contributed by atoms with Crippen LogP contribution in [0.1, 0.15) is 42.4 Å². The van der Waals surface area contributed by atoms with Crippen LogP contribution in [0.4, 0.5) is 18.9 Å². The third kappa shape index (κ3) is 4.80. The van der Waals surface area contributed by atoms with Crippen molar-refractivity contribution in [3.63, 3.8) is 0 Å². The molecule has 1 heterocycles. The first-order valence-corrected chi connectivity index (χ1v) is 6.02. The molecule has 1 aromatic heterocycles. The lowest BCUT2D eigenvalue weighted by Crippen LogP contribution is -2.26. The number of nitrogens with two attached hydrogens (primary N) is 1. The zero-order chi connectivity index (χ0) is 14.5. The molecule has 1 amide bonds. The Morgan fingerprint density at radius 3 is 2.63 bits per heavy atom. The van der Waals surface area contributed by atoms with E-state index in [1.54, 1.807) is 0 Å². The Morgan fingerprint density at radius 2 is 2.11 bits per heavy atom. The van der Waals surface area contributed by atoms with Gasteiger partial charge < -0.3 is 11.1 Å². The van der Waals surface area contributed by atoms with Crippen molar-refractivity contribution in [3.05, 3.63) is 11.4 Å². The Balaban J connectivity index is 2.33. The summed E-state index contributed by atoms with van der Waals surface area (Å²) in [7, 11) is 0. The maximum Gasteiger partial charge on any atom is 0.389 e. The van der Waals surface area contributed by atoms with Crippen LogP contribution in [0.5, 0.6) is 0 Å². The van der Waals surface area contributed by atoms with Gasteiger partial charge in [-0.05, 0) is 19.3 Å². The Labute approximate surface area is 108 Å². The number of nitrogen functional groups attached to an aromatic ring is 1. The minimum atomic E-state index is -4.15. The van der Waals surface area contributed by atoms with Crippen LogP contribution in [0, 0.1) is 0 Å². The van der Waals surface area contributed by atoms with E-state index < -0.39 is 18.5 Å². The fraction of sp³-hybridized carbons (Fsp3) is 0.636. The number of nitrogens with one attached hydrogen (secondary N) is 2. The molecule has 0 fully saturated rings. The number of anilines is 1. The van der Waals surface area contributed by atoms with Gasteiger partial charge in [-0.3, -0.25) is 9.89 Å². The van der Waals surface area contributed by atoms with Gasteiger partial charge in [0.05, 0.1) is 11.4 Å². The molecule has 0 aliphatic heterocycles. The summed E-state index contributed by atoms with van der Waals surface area (Å²) >= 11 is 0. The molecule has 5 nitrogen and oxygen atoms in total. The summed E-state index contributed by atoms with van der Waals surface area (Å²) in [6.07, 6.45) is -4.12. The van der Waals surface area contributed by atoms with Crippen molar-refractivity contribution in [2.75, 3.05) is 12.3 Å². The fourth-order valence-corrected chi connectivity index (χ4v) is 1.57. The van der Waals surface area contributed by atoms with E-state index in [9.17, 15) is 18.0 Å². The number of aromatic amines is 1. The smallest absolute Gasteiger partial charge is 0.389 e. The SMILES string of the molecule is CCc1[nH]nc(C(=O)NCCCCC(F)(F)F)c1N. The van der Waals surface area contributed by atoms with Crippen LogP contribution in [-0.4, -0.2) is 28.8 Å². The monoisotopic (exact) mass is 278 g/mol. The summed E-state index contributed by atoms with van der Waals surface area (Å²) < 4.78 is 35.6. The molecule has 1 rings (SSSR count). The van der Waals surface area contributed by atoms with Gasteiger partial charge in [0.25, 0.3) is 5.91 Å². The third-order valence-electron chi connectivity index (χ3n) is 2.62. The second-order valence-electron chi connectivity index (χ2n) is 4.15.